The Labute approximate surface area is 85.1 Å². The van der Waals surface area contributed by atoms with Crippen LogP contribution in [-0.2, 0) is 18.7 Å². The summed E-state index contributed by atoms with van der Waals surface area (Å²) in [6.07, 6.45) is 0. The van der Waals surface area contributed by atoms with Gasteiger partial charge < -0.3 is 0 Å². The number of hydrogen-bond donors (Lipinski definition) is 0. The molecule has 0 aliphatic heterocycles. The SMILES string of the molecule is O=P(F)(Cl)OS(=O)(=O)c1ccccc1. The molecule has 0 aromatic heterocycles. The van der Waals surface area contributed by atoms with Crippen molar-refractivity contribution in [2.45, 2.75) is 4.90 Å². The quantitative estimate of drug-likeness (QED) is 0.782. The van der Waals surface area contributed by atoms with Gasteiger partial charge in [0.2, 0.25) is 0 Å². The van der Waals surface area contributed by atoms with Gasteiger partial charge in [-0.3, -0.25) is 0 Å². The van der Waals surface area contributed by atoms with Crippen molar-refractivity contribution in [3.8, 4) is 0 Å². The van der Waals surface area contributed by atoms with E-state index in [0.717, 1.165) is 0 Å². The smallest absolute Gasteiger partial charge is 0.235 e. The molecule has 0 saturated heterocycles. The normalized spacial score (nSPS) is 16.1. The predicted molar refractivity (Wildman–Crippen MR) is 49.3 cm³/mol. The molecule has 0 radical (unpaired) electrons. The average Bonchev–Trinajstić information content (AvgIpc) is 2.01. The molecule has 1 aromatic carbocycles. The number of benzene rings is 1. The first-order chi connectivity index (χ1) is 6.31. The summed E-state index contributed by atoms with van der Waals surface area (Å²) >= 11 is 4.56. The second-order valence-electron chi connectivity index (χ2n) is 2.26. The van der Waals surface area contributed by atoms with Crippen LogP contribution in [0.1, 0.15) is 0 Å². The molecule has 0 saturated carbocycles. The van der Waals surface area contributed by atoms with Crippen LogP contribution in [0.3, 0.4) is 0 Å². The fraction of sp³-hybridized carbons (Fsp3) is 0. The maximum absolute atomic E-state index is 12.3. The average molecular weight is 259 g/mol. The lowest BCUT2D eigenvalue weighted by molar-refractivity contribution is 0.440. The van der Waals surface area contributed by atoms with Crippen molar-refractivity contribution in [2.24, 2.45) is 0 Å². The van der Waals surface area contributed by atoms with Gasteiger partial charge >= 0.3 is 17.2 Å². The third-order valence-corrected chi connectivity index (χ3v) is 4.05. The van der Waals surface area contributed by atoms with Gasteiger partial charge in [0.25, 0.3) is 0 Å². The zero-order valence-corrected chi connectivity index (χ0v) is 9.10. The molecular formula is C6H5ClFO4PS. The Morgan fingerprint density at radius 2 is 1.79 bits per heavy atom. The van der Waals surface area contributed by atoms with E-state index < -0.39 is 17.2 Å². The van der Waals surface area contributed by atoms with E-state index in [1.807, 2.05) is 0 Å². The summed E-state index contributed by atoms with van der Waals surface area (Å²) in [5, 5.41) is 0. The third kappa shape index (κ3) is 3.38. The van der Waals surface area contributed by atoms with Crippen molar-refractivity contribution < 1.29 is 21.1 Å². The molecule has 4 nitrogen and oxygen atoms in total. The molecule has 1 aromatic rings. The summed E-state index contributed by atoms with van der Waals surface area (Å²) in [6.45, 7) is 0. The van der Waals surface area contributed by atoms with E-state index in [-0.39, 0.29) is 4.90 Å². The maximum atomic E-state index is 12.3. The van der Waals surface area contributed by atoms with Crippen molar-refractivity contribution in [3.63, 3.8) is 0 Å². The summed E-state index contributed by atoms with van der Waals surface area (Å²) in [7, 11) is -9.46. The van der Waals surface area contributed by atoms with E-state index in [9.17, 15) is 17.2 Å². The van der Waals surface area contributed by atoms with Gasteiger partial charge in [-0.25, -0.2) is 4.57 Å². The van der Waals surface area contributed by atoms with Gasteiger partial charge in [-0.15, -0.1) is 4.20 Å². The van der Waals surface area contributed by atoms with Crippen LogP contribution in [0.25, 0.3) is 0 Å². The summed E-state index contributed by atoms with van der Waals surface area (Å²) < 4.78 is 48.5. The van der Waals surface area contributed by atoms with Crippen LogP contribution in [0.15, 0.2) is 35.2 Å². The lowest BCUT2D eigenvalue weighted by atomic mass is 10.4. The lowest BCUT2D eigenvalue weighted by Crippen LogP contribution is -2.01. The van der Waals surface area contributed by atoms with Crippen LogP contribution in [0, 0.1) is 0 Å². The van der Waals surface area contributed by atoms with Gasteiger partial charge in [-0.1, -0.05) is 18.2 Å². The summed E-state index contributed by atoms with van der Waals surface area (Å²) in [4.78, 5) is -0.307. The first-order valence-corrected chi connectivity index (χ1v) is 7.15. The highest BCUT2D eigenvalue weighted by atomic mass is 35.7. The van der Waals surface area contributed by atoms with E-state index in [1.165, 1.54) is 24.3 Å². The van der Waals surface area contributed by atoms with Crippen molar-refractivity contribution in [3.05, 3.63) is 30.3 Å². The summed E-state index contributed by atoms with van der Waals surface area (Å²) in [5.74, 6) is 0. The highest BCUT2D eigenvalue weighted by Gasteiger charge is 2.28. The van der Waals surface area contributed by atoms with E-state index in [0.29, 0.717) is 0 Å². The molecule has 0 spiro atoms. The highest BCUT2D eigenvalue weighted by molar-refractivity contribution is 7.96. The zero-order chi connectivity index (χ0) is 10.8. The molecule has 0 aliphatic rings. The van der Waals surface area contributed by atoms with Gasteiger partial charge in [0.15, 0.2) is 0 Å². The molecule has 1 rings (SSSR count). The topological polar surface area (TPSA) is 60.4 Å². The van der Waals surface area contributed by atoms with Crippen LogP contribution < -0.4 is 0 Å². The van der Waals surface area contributed by atoms with Gasteiger partial charge in [-0.2, -0.15) is 12.4 Å². The predicted octanol–water partition coefficient (Wildman–Crippen LogP) is 2.71. The molecule has 0 N–H and O–H groups in total. The van der Waals surface area contributed by atoms with Crippen molar-refractivity contribution in [1.82, 2.24) is 0 Å². The molecule has 8 heteroatoms. The third-order valence-electron chi connectivity index (χ3n) is 1.22. The van der Waals surface area contributed by atoms with Crippen molar-refractivity contribution >= 4 is 28.4 Å². The number of halogens is 2. The Kier molecular flexibility index (Phi) is 3.32. The number of rotatable bonds is 3. The van der Waals surface area contributed by atoms with Gasteiger partial charge in [0, 0.05) is 11.2 Å². The highest BCUT2D eigenvalue weighted by Crippen LogP contribution is 2.56. The summed E-state index contributed by atoms with van der Waals surface area (Å²) in [6, 6.07) is 6.72. The maximum Gasteiger partial charge on any atom is 0.476 e. The van der Waals surface area contributed by atoms with E-state index in [1.54, 1.807) is 6.07 Å². The molecule has 0 aliphatic carbocycles. The minimum atomic E-state index is -5.07. The molecule has 1 atom stereocenters. The Morgan fingerprint density at radius 3 is 2.21 bits per heavy atom. The fourth-order valence-corrected chi connectivity index (χ4v) is 3.16. The van der Waals surface area contributed by atoms with E-state index in [2.05, 4.69) is 15.2 Å². The van der Waals surface area contributed by atoms with Crippen LogP contribution in [0.5, 0.6) is 0 Å². The molecular weight excluding hydrogens is 254 g/mol. The van der Waals surface area contributed by atoms with E-state index >= 15 is 0 Å². The van der Waals surface area contributed by atoms with Crippen LogP contribution in [-0.4, -0.2) is 8.42 Å². The van der Waals surface area contributed by atoms with E-state index in [4.69, 9.17) is 0 Å². The molecule has 1 unspecified atom stereocenters. The molecule has 0 heterocycles. The molecule has 0 amide bonds. The Bertz CT molecular complexity index is 454. The zero-order valence-electron chi connectivity index (χ0n) is 6.63. The second kappa shape index (κ2) is 3.98. The molecule has 0 fully saturated rings. The van der Waals surface area contributed by atoms with Crippen molar-refractivity contribution in [1.29, 1.82) is 0 Å². The first-order valence-electron chi connectivity index (χ1n) is 3.32. The van der Waals surface area contributed by atoms with Gasteiger partial charge in [0.1, 0.15) is 0 Å². The van der Waals surface area contributed by atoms with Crippen LogP contribution >= 0.6 is 18.3 Å². The molecule has 14 heavy (non-hydrogen) atoms. The second-order valence-corrected chi connectivity index (χ2v) is 6.27. The monoisotopic (exact) mass is 258 g/mol. The fourth-order valence-electron chi connectivity index (χ4n) is 0.744. The molecule has 0 bridgehead atoms. The first kappa shape index (κ1) is 11.7. The Morgan fingerprint density at radius 1 is 1.29 bits per heavy atom. The molecule has 78 valence electrons. The van der Waals surface area contributed by atoms with Crippen LogP contribution in [0.2, 0.25) is 0 Å². The standard InChI is InChI=1S/C6H5ClFO4PS/c7-13(8,9)12-14(10,11)6-4-2-1-3-5-6/h1-5H. The Hall–Kier alpha value is -0.420. The minimum Gasteiger partial charge on any atom is -0.235 e. The Balaban J connectivity index is 3.05. The minimum absolute atomic E-state index is 0.307. The lowest BCUT2D eigenvalue weighted by Gasteiger charge is -2.03. The van der Waals surface area contributed by atoms with Crippen molar-refractivity contribution in [2.75, 3.05) is 0 Å². The van der Waals surface area contributed by atoms with Crippen LogP contribution in [0.4, 0.5) is 4.20 Å². The summed E-state index contributed by atoms with van der Waals surface area (Å²) in [5.41, 5.74) is 0. The largest absolute Gasteiger partial charge is 0.476 e. The van der Waals surface area contributed by atoms with Gasteiger partial charge in [0.05, 0.1) is 4.90 Å². The number of hydrogen-bond acceptors (Lipinski definition) is 4. The van der Waals surface area contributed by atoms with Gasteiger partial charge in [-0.05, 0) is 12.1 Å².